The van der Waals surface area contributed by atoms with E-state index in [0.717, 1.165) is 55.4 Å². The second-order valence-electron chi connectivity index (χ2n) is 8.35. The Morgan fingerprint density at radius 2 is 1.91 bits per heavy atom. The van der Waals surface area contributed by atoms with Crippen molar-refractivity contribution >= 4 is 5.91 Å². The zero-order valence-corrected chi connectivity index (χ0v) is 19.5. The predicted octanol–water partition coefficient (Wildman–Crippen LogP) is 2.83. The van der Waals surface area contributed by atoms with Crippen LogP contribution in [0.3, 0.4) is 0 Å². The van der Waals surface area contributed by atoms with Crippen molar-refractivity contribution in [2.45, 2.75) is 27.3 Å². The van der Waals surface area contributed by atoms with Gasteiger partial charge >= 0.3 is 0 Å². The average Bonchev–Trinajstić information content (AvgIpc) is 3.20. The first-order chi connectivity index (χ1) is 16.0. The van der Waals surface area contributed by atoms with E-state index in [1.54, 1.807) is 6.92 Å². The zero-order valence-electron chi connectivity index (χ0n) is 19.5. The first-order valence-electron chi connectivity index (χ1n) is 11.3. The number of nitrogens with zero attached hydrogens (tertiary/aromatic N) is 4. The van der Waals surface area contributed by atoms with Crippen LogP contribution in [0, 0.1) is 20.8 Å². The Hall–Kier alpha value is -3.23. The predicted molar refractivity (Wildman–Crippen MR) is 126 cm³/mol. The molecule has 1 aromatic heterocycles. The summed E-state index contributed by atoms with van der Waals surface area (Å²) in [4.78, 5) is 16.6. The molecule has 8 heteroatoms. The molecule has 1 saturated heterocycles. The highest BCUT2D eigenvalue weighted by atomic mass is 16.5. The minimum Gasteiger partial charge on any atom is -0.492 e. The molecular weight excluding hydrogens is 418 g/mol. The minimum atomic E-state index is -0.248. The smallest absolute Gasteiger partial charge is 0.274 e. The van der Waals surface area contributed by atoms with E-state index in [9.17, 15) is 4.79 Å². The van der Waals surface area contributed by atoms with E-state index in [-0.39, 0.29) is 5.91 Å². The molecule has 33 heavy (non-hydrogen) atoms. The van der Waals surface area contributed by atoms with Crippen LogP contribution < -0.4 is 10.1 Å². The molecular formula is C25H31N5O3. The van der Waals surface area contributed by atoms with Gasteiger partial charge in [0.25, 0.3) is 5.91 Å². The third-order valence-electron chi connectivity index (χ3n) is 5.70. The quantitative estimate of drug-likeness (QED) is 0.570. The van der Waals surface area contributed by atoms with Crippen molar-refractivity contribution in [1.29, 1.82) is 0 Å². The van der Waals surface area contributed by atoms with Gasteiger partial charge < -0.3 is 14.8 Å². The van der Waals surface area contributed by atoms with E-state index >= 15 is 0 Å². The molecule has 1 aliphatic heterocycles. The number of hydrogen-bond acceptors (Lipinski definition) is 6. The summed E-state index contributed by atoms with van der Waals surface area (Å²) in [6, 6.07) is 13.8. The second kappa shape index (κ2) is 10.6. The van der Waals surface area contributed by atoms with Gasteiger partial charge in [0, 0.05) is 26.2 Å². The summed E-state index contributed by atoms with van der Waals surface area (Å²) >= 11 is 0. The molecule has 8 nitrogen and oxygen atoms in total. The monoisotopic (exact) mass is 449 g/mol. The lowest BCUT2D eigenvalue weighted by atomic mass is 10.1. The minimum absolute atomic E-state index is 0.248. The first kappa shape index (κ1) is 22.9. The largest absolute Gasteiger partial charge is 0.492 e. The maximum atomic E-state index is 12.8. The van der Waals surface area contributed by atoms with Gasteiger partial charge in [-0.15, -0.1) is 5.10 Å². The molecule has 0 spiro atoms. The summed E-state index contributed by atoms with van der Waals surface area (Å²) in [5.74, 6) is 0.550. The number of aryl methyl sites for hydroxylation is 3. The topological polar surface area (TPSA) is 81.5 Å². The van der Waals surface area contributed by atoms with Crippen LogP contribution >= 0.6 is 0 Å². The van der Waals surface area contributed by atoms with Gasteiger partial charge in [0.2, 0.25) is 0 Å². The molecule has 0 bridgehead atoms. The van der Waals surface area contributed by atoms with Crippen molar-refractivity contribution in [2.75, 3.05) is 39.5 Å². The molecule has 174 valence electrons. The van der Waals surface area contributed by atoms with Crippen molar-refractivity contribution in [2.24, 2.45) is 0 Å². The molecule has 2 aromatic carbocycles. The maximum Gasteiger partial charge on any atom is 0.274 e. The third-order valence-corrected chi connectivity index (χ3v) is 5.70. The fourth-order valence-electron chi connectivity index (χ4n) is 3.85. The Bertz CT molecular complexity index is 1110. The Morgan fingerprint density at radius 1 is 1.09 bits per heavy atom. The number of rotatable bonds is 8. The van der Waals surface area contributed by atoms with Gasteiger partial charge in [0.05, 0.1) is 24.6 Å². The number of carbonyl (C=O) groups excluding carboxylic acids is 1. The molecule has 1 amide bonds. The number of nitrogens with one attached hydrogen (secondary N) is 1. The Labute approximate surface area is 194 Å². The molecule has 4 rings (SSSR count). The molecule has 0 saturated carbocycles. The first-order valence-corrected chi connectivity index (χ1v) is 11.3. The van der Waals surface area contributed by atoms with Crippen LogP contribution in [0.2, 0.25) is 0 Å². The van der Waals surface area contributed by atoms with Gasteiger partial charge in [-0.2, -0.15) is 9.90 Å². The number of hydrogen-bond donors (Lipinski definition) is 1. The summed E-state index contributed by atoms with van der Waals surface area (Å²) in [5, 5.41) is 11.8. The van der Waals surface area contributed by atoms with Crippen molar-refractivity contribution in [1.82, 2.24) is 25.2 Å². The number of amides is 1. The lowest BCUT2D eigenvalue weighted by Crippen LogP contribution is -2.38. The van der Waals surface area contributed by atoms with E-state index in [2.05, 4.69) is 26.5 Å². The SMILES string of the molecule is Cc1ccc(-n2nc(C)c(C(=O)NCc3cccc(OCCN4CCOCC4)c3)n2)c(C)c1. The number of aromatic nitrogens is 3. The average molecular weight is 450 g/mol. The summed E-state index contributed by atoms with van der Waals surface area (Å²) in [6.45, 7) is 11.2. The number of benzene rings is 2. The van der Waals surface area contributed by atoms with Gasteiger partial charge in [-0.25, -0.2) is 0 Å². The molecule has 0 atom stereocenters. The third kappa shape index (κ3) is 5.97. The van der Waals surface area contributed by atoms with Crippen molar-refractivity contribution in [3.05, 3.63) is 70.5 Å². The number of carbonyl (C=O) groups is 1. The Balaban J connectivity index is 1.33. The Morgan fingerprint density at radius 3 is 2.70 bits per heavy atom. The zero-order chi connectivity index (χ0) is 23.2. The Kier molecular flexibility index (Phi) is 7.36. The molecule has 3 aromatic rings. The van der Waals surface area contributed by atoms with Gasteiger partial charge in [0.15, 0.2) is 5.69 Å². The molecule has 0 radical (unpaired) electrons. The van der Waals surface area contributed by atoms with Crippen LogP contribution in [0.5, 0.6) is 5.75 Å². The molecule has 2 heterocycles. The number of morpholine rings is 1. The summed E-state index contributed by atoms with van der Waals surface area (Å²) < 4.78 is 11.3. The normalized spacial score (nSPS) is 14.3. The standard InChI is InChI=1S/C25H31N5O3/c1-18-7-8-23(19(2)15-18)30-27-20(3)24(28-30)25(31)26-17-21-5-4-6-22(16-21)33-14-11-29-9-12-32-13-10-29/h4-8,15-16H,9-14,17H2,1-3H3,(H,26,31). The van der Waals surface area contributed by atoms with E-state index in [1.165, 1.54) is 10.4 Å². The lowest BCUT2D eigenvalue weighted by Gasteiger charge is -2.26. The van der Waals surface area contributed by atoms with E-state index < -0.39 is 0 Å². The van der Waals surface area contributed by atoms with Crippen LogP contribution in [-0.2, 0) is 11.3 Å². The maximum absolute atomic E-state index is 12.8. The van der Waals surface area contributed by atoms with Gasteiger partial charge in [-0.05, 0) is 50.1 Å². The highest BCUT2D eigenvalue weighted by Gasteiger charge is 2.17. The van der Waals surface area contributed by atoms with Gasteiger partial charge in [0.1, 0.15) is 12.4 Å². The molecule has 1 N–H and O–H groups in total. The molecule has 1 fully saturated rings. The highest BCUT2D eigenvalue weighted by Crippen LogP contribution is 2.16. The van der Waals surface area contributed by atoms with Crippen LogP contribution in [-0.4, -0.2) is 65.3 Å². The number of ether oxygens (including phenoxy) is 2. The molecule has 0 aliphatic carbocycles. The van der Waals surface area contributed by atoms with Crippen LogP contribution in [0.4, 0.5) is 0 Å². The van der Waals surface area contributed by atoms with Crippen molar-refractivity contribution < 1.29 is 14.3 Å². The van der Waals surface area contributed by atoms with Gasteiger partial charge in [-0.1, -0.05) is 29.8 Å². The van der Waals surface area contributed by atoms with E-state index in [0.29, 0.717) is 24.5 Å². The fourth-order valence-corrected chi connectivity index (χ4v) is 3.85. The van der Waals surface area contributed by atoms with Crippen LogP contribution in [0.25, 0.3) is 5.69 Å². The van der Waals surface area contributed by atoms with Crippen LogP contribution in [0.15, 0.2) is 42.5 Å². The lowest BCUT2D eigenvalue weighted by molar-refractivity contribution is 0.0322. The fraction of sp³-hybridized carbons (Fsp3) is 0.400. The van der Waals surface area contributed by atoms with E-state index in [4.69, 9.17) is 9.47 Å². The van der Waals surface area contributed by atoms with Crippen LogP contribution in [0.1, 0.15) is 32.9 Å². The van der Waals surface area contributed by atoms with Crippen molar-refractivity contribution in [3.63, 3.8) is 0 Å². The highest BCUT2D eigenvalue weighted by molar-refractivity contribution is 5.93. The summed E-state index contributed by atoms with van der Waals surface area (Å²) in [6.07, 6.45) is 0. The van der Waals surface area contributed by atoms with Crippen molar-refractivity contribution in [3.8, 4) is 11.4 Å². The van der Waals surface area contributed by atoms with E-state index in [1.807, 2.05) is 50.2 Å². The summed E-state index contributed by atoms with van der Waals surface area (Å²) in [7, 11) is 0. The second-order valence-corrected chi connectivity index (χ2v) is 8.35. The van der Waals surface area contributed by atoms with Gasteiger partial charge in [-0.3, -0.25) is 9.69 Å². The summed E-state index contributed by atoms with van der Waals surface area (Å²) in [5.41, 5.74) is 4.98. The molecule has 0 unspecified atom stereocenters. The molecule has 1 aliphatic rings.